The topological polar surface area (TPSA) is 61.0 Å². The zero-order valence-corrected chi connectivity index (χ0v) is 11.5. The van der Waals surface area contributed by atoms with Crippen LogP contribution in [0.1, 0.15) is 51.4 Å². The SMILES string of the molecule is CCc1nnc(OC(C)(C)C)c(CN)c1CC. The van der Waals surface area contributed by atoms with Crippen LogP contribution in [-0.2, 0) is 19.4 Å². The van der Waals surface area contributed by atoms with Crippen LogP contribution in [0, 0.1) is 0 Å². The fourth-order valence-electron chi connectivity index (χ4n) is 1.81. The molecule has 0 bridgehead atoms. The van der Waals surface area contributed by atoms with E-state index in [-0.39, 0.29) is 5.60 Å². The first-order chi connectivity index (χ1) is 7.92. The number of nitrogens with zero attached hydrogens (tertiary/aromatic N) is 2. The molecule has 4 nitrogen and oxygen atoms in total. The maximum absolute atomic E-state index is 5.82. The van der Waals surface area contributed by atoms with E-state index in [1.165, 1.54) is 5.56 Å². The smallest absolute Gasteiger partial charge is 0.238 e. The van der Waals surface area contributed by atoms with Gasteiger partial charge in [0.2, 0.25) is 5.88 Å². The van der Waals surface area contributed by atoms with E-state index in [4.69, 9.17) is 10.5 Å². The number of hydrogen-bond acceptors (Lipinski definition) is 4. The maximum atomic E-state index is 5.82. The standard InChI is InChI=1S/C13H23N3O/c1-6-9-10(8-14)12(17-13(3,4)5)16-15-11(9)7-2/h6-8,14H2,1-5H3. The fraction of sp³-hybridized carbons (Fsp3) is 0.692. The van der Waals surface area contributed by atoms with E-state index in [0.29, 0.717) is 12.4 Å². The Kier molecular flexibility index (Phi) is 4.46. The van der Waals surface area contributed by atoms with E-state index in [2.05, 4.69) is 24.0 Å². The lowest BCUT2D eigenvalue weighted by Crippen LogP contribution is -2.25. The van der Waals surface area contributed by atoms with E-state index in [1.807, 2.05) is 20.8 Å². The van der Waals surface area contributed by atoms with Gasteiger partial charge in [-0.05, 0) is 39.2 Å². The summed E-state index contributed by atoms with van der Waals surface area (Å²) in [5, 5.41) is 8.39. The highest BCUT2D eigenvalue weighted by atomic mass is 16.5. The zero-order valence-electron chi connectivity index (χ0n) is 11.5. The van der Waals surface area contributed by atoms with Gasteiger partial charge >= 0.3 is 0 Å². The second-order valence-electron chi connectivity index (χ2n) is 5.03. The molecule has 0 aromatic carbocycles. The van der Waals surface area contributed by atoms with E-state index in [0.717, 1.165) is 24.1 Å². The Hall–Kier alpha value is -1.16. The molecule has 0 saturated heterocycles. The van der Waals surface area contributed by atoms with E-state index >= 15 is 0 Å². The molecule has 4 heteroatoms. The summed E-state index contributed by atoms with van der Waals surface area (Å²) >= 11 is 0. The summed E-state index contributed by atoms with van der Waals surface area (Å²) in [7, 11) is 0. The Morgan fingerprint density at radius 2 is 1.71 bits per heavy atom. The molecule has 0 radical (unpaired) electrons. The van der Waals surface area contributed by atoms with Crippen LogP contribution in [0.5, 0.6) is 5.88 Å². The van der Waals surface area contributed by atoms with Crippen LogP contribution in [0.25, 0.3) is 0 Å². The molecule has 0 aliphatic heterocycles. The van der Waals surface area contributed by atoms with Crippen LogP contribution in [0.4, 0.5) is 0 Å². The lowest BCUT2D eigenvalue weighted by Gasteiger charge is -2.23. The van der Waals surface area contributed by atoms with Crippen LogP contribution < -0.4 is 10.5 Å². The van der Waals surface area contributed by atoms with Crippen molar-refractivity contribution >= 4 is 0 Å². The quantitative estimate of drug-likeness (QED) is 0.872. The number of rotatable bonds is 4. The molecule has 0 fully saturated rings. The first-order valence-electron chi connectivity index (χ1n) is 6.19. The minimum atomic E-state index is -0.280. The van der Waals surface area contributed by atoms with Crippen LogP contribution >= 0.6 is 0 Å². The third-order valence-electron chi connectivity index (χ3n) is 2.53. The average molecular weight is 237 g/mol. The zero-order chi connectivity index (χ0) is 13.1. The van der Waals surface area contributed by atoms with Crippen molar-refractivity contribution in [1.29, 1.82) is 0 Å². The third-order valence-corrected chi connectivity index (χ3v) is 2.53. The lowest BCUT2D eigenvalue weighted by molar-refractivity contribution is 0.120. The second-order valence-corrected chi connectivity index (χ2v) is 5.03. The van der Waals surface area contributed by atoms with Crippen molar-refractivity contribution in [2.45, 2.75) is 59.6 Å². The molecule has 1 aromatic heterocycles. The van der Waals surface area contributed by atoms with Crippen molar-refractivity contribution in [3.63, 3.8) is 0 Å². The van der Waals surface area contributed by atoms with Crippen LogP contribution in [-0.4, -0.2) is 15.8 Å². The van der Waals surface area contributed by atoms with Gasteiger partial charge in [0.25, 0.3) is 0 Å². The first-order valence-corrected chi connectivity index (χ1v) is 6.19. The van der Waals surface area contributed by atoms with Gasteiger partial charge in [-0.15, -0.1) is 5.10 Å². The van der Waals surface area contributed by atoms with Gasteiger partial charge in [0.1, 0.15) is 5.60 Å². The van der Waals surface area contributed by atoms with Crippen LogP contribution in [0.2, 0.25) is 0 Å². The molecule has 0 atom stereocenters. The Labute approximate surface area is 104 Å². The number of aryl methyl sites for hydroxylation is 1. The van der Waals surface area contributed by atoms with Gasteiger partial charge in [-0.25, -0.2) is 0 Å². The van der Waals surface area contributed by atoms with Crippen molar-refractivity contribution < 1.29 is 4.74 Å². The van der Waals surface area contributed by atoms with Gasteiger partial charge in [0, 0.05) is 12.1 Å². The highest BCUT2D eigenvalue weighted by molar-refractivity contribution is 5.37. The number of ether oxygens (including phenoxy) is 1. The Balaban J connectivity index is 3.23. The van der Waals surface area contributed by atoms with Gasteiger partial charge in [-0.2, -0.15) is 5.10 Å². The Bertz CT molecular complexity index is 383. The molecule has 0 unspecified atom stereocenters. The summed E-state index contributed by atoms with van der Waals surface area (Å²) in [4.78, 5) is 0. The Morgan fingerprint density at radius 1 is 1.06 bits per heavy atom. The molecule has 96 valence electrons. The molecule has 0 spiro atoms. The van der Waals surface area contributed by atoms with E-state index in [9.17, 15) is 0 Å². The van der Waals surface area contributed by atoms with Crippen molar-refractivity contribution in [2.75, 3.05) is 0 Å². The van der Waals surface area contributed by atoms with Crippen molar-refractivity contribution in [3.8, 4) is 5.88 Å². The summed E-state index contributed by atoms with van der Waals surface area (Å²) in [6.45, 7) is 10.6. The molecule has 1 heterocycles. The maximum Gasteiger partial charge on any atom is 0.238 e. The first kappa shape index (κ1) is 13.9. The van der Waals surface area contributed by atoms with Gasteiger partial charge in [-0.1, -0.05) is 13.8 Å². The van der Waals surface area contributed by atoms with Crippen molar-refractivity contribution in [3.05, 3.63) is 16.8 Å². The molecule has 1 rings (SSSR count). The van der Waals surface area contributed by atoms with E-state index < -0.39 is 0 Å². The monoisotopic (exact) mass is 237 g/mol. The minimum absolute atomic E-state index is 0.280. The third kappa shape index (κ3) is 3.40. The highest BCUT2D eigenvalue weighted by Crippen LogP contribution is 2.25. The summed E-state index contributed by atoms with van der Waals surface area (Å²) in [6.07, 6.45) is 1.78. The molecule has 0 saturated carbocycles. The summed E-state index contributed by atoms with van der Waals surface area (Å²) in [5.74, 6) is 0.578. The molecule has 0 aliphatic rings. The molecule has 0 aliphatic carbocycles. The second kappa shape index (κ2) is 5.45. The number of nitrogens with two attached hydrogens (primary N) is 1. The summed E-state index contributed by atoms with van der Waals surface area (Å²) < 4.78 is 5.81. The molecular formula is C13H23N3O. The normalized spacial score (nSPS) is 11.6. The lowest BCUT2D eigenvalue weighted by atomic mass is 10.0. The predicted octanol–water partition coefficient (Wildman–Crippen LogP) is 2.24. The highest BCUT2D eigenvalue weighted by Gasteiger charge is 2.19. The largest absolute Gasteiger partial charge is 0.471 e. The van der Waals surface area contributed by atoms with Gasteiger partial charge in [0.05, 0.1) is 5.69 Å². The molecule has 17 heavy (non-hydrogen) atoms. The Morgan fingerprint density at radius 3 is 2.12 bits per heavy atom. The van der Waals surface area contributed by atoms with Gasteiger partial charge in [-0.3, -0.25) is 0 Å². The molecule has 1 aromatic rings. The predicted molar refractivity (Wildman–Crippen MR) is 69.1 cm³/mol. The number of hydrogen-bond donors (Lipinski definition) is 1. The van der Waals surface area contributed by atoms with Gasteiger partial charge < -0.3 is 10.5 Å². The molecule has 2 N–H and O–H groups in total. The van der Waals surface area contributed by atoms with Crippen LogP contribution in [0.3, 0.4) is 0 Å². The minimum Gasteiger partial charge on any atom is -0.471 e. The molecule has 0 amide bonds. The number of aromatic nitrogens is 2. The van der Waals surface area contributed by atoms with Crippen molar-refractivity contribution in [1.82, 2.24) is 10.2 Å². The summed E-state index contributed by atoms with van der Waals surface area (Å²) in [6, 6.07) is 0. The van der Waals surface area contributed by atoms with E-state index in [1.54, 1.807) is 0 Å². The summed E-state index contributed by atoms with van der Waals surface area (Å²) in [5.41, 5.74) is 8.74. The van der Waals surface area contributed by atoms with Crippen molar-refractivity contribution in [2.24, 2.45) is 5.73 Å². The molecular weight excluding hydrogens is 214 g/mol. The average Bonchev–Trinajstić information content (AvgIpc) is 2.26. The van der Waals surface area contributed by atoms with Gasteiger partial charge in [0.15, 0.2) is 0 Å². The van der Waals surface area contributed by atoms with Crippen LogP contribution in [0.15, 0.2) is 0 Å². The fourth-order valence-corrected chi connectivity index (χ4v) is 1.81.